The van der Waals surface area contributed by atoms with E-state index in [1.54, 1.807) is 0 Å². The molecule has 0 spiro atoms. The third-order valence-corrected chi connectivity index (χ3v) is 2.61. The van der Waals surface area contributed by atoms with Crippen molar-refractivity contribution in [3.63, 3.8) is 0 Å². The first kappa shape index (κ1) is 11.7. The minimum Gasteiger partial charge on any atom is -0.465 e. The SMILES string of the molecule is COC(=O)C1OC2COC(OC)C(O)C2O1. The van der Waals surface area contributed by atoms with Gasteiger partial charge in [-0.05, 0) is 0 Å². The highest BCUT2D eigenvalue weighted by Gasteiger charge is 2.50. The molecule has 0 aromatic carbocycles. The molecule has 92 valence electrons. The lowest BCUT2D eigenvalue weighted by molar-refractivity contribution is -0.241. The van der Waals surface area contributed by atoms with Gasteiger partial charge in [0.2, 0.25) is 0 Å². The summed E-state index contributed by atoms with van der Waals surface area (Å²) in [5, 5.41) is 9.80. The Labute approximate surface area is 92.2 Å². The Morgan fingerprint density at radius 1 is 1.38 bits per heavy atom. The lowest BCUT2D eigenvalue weighted by Crippen LogP contribution is -2.52. The van der Waals surface area contributed by atoms with Gasteiger partial charge in [0.15, 0.2) is 6.29 Å². The van der Waals surface area contributed by atoms with Gasteiger partial charge in [0.25, 0.3) is 6.29 Å². The van der Waals surface area contributed by atoms with Crippen molar-refractivity contribution in [2.45, 2.75) is 30.9 Å². The number of aliphatic hydroxyl groups is 1. The van der Waals surface area contributed by atoms with Crippen LogP contribution in [0.25, 0.3) is 0 Å². The van der Waals surface area contributed by atoms with Crippen LogP contribution in [0, 0.1) is 0 Å². The van der Waals surface area contributed by atoms with E-state index in [9.17, 15) is 9.90 Å². The monoisotopic (exact) mass is 234 g/mol. The van der Waals surface area contributed by atoms with Crippen molar-refractivity contribution >= 4 is 5.97 Å². The molecular formula is C9H14O7. The van der Waals surface area contributed by atoms with Gasteiger partial charge >= 0.3 is 5.97 Å². The van der Waals surface area contributed by atoms with Gasteiger partial charge in [-0.25, -0.2) is 4.79 Å². The second kappa shape index (κ2) is 4.64. The van der Waals surface area contributed by atoms with Gasteiger partial charge in [-0.2, -0.15) is 0 Å². The Bertz CT molecular complexity index is 269. The number of methoxy groups -OCH3 is 2. The minimum absolute atomic E-state index is 0.202. The zero-order valence-corrected chi connectivity index (χ0v) is 8.99. The van der Waals surface area contributed by atoms with E-state index in [0.717, 1.165) is 0 Å². The van der Waals surface area contributed by atoms with Crippen molar-refractivity contribution in [1.29, 1.82) is 0 Å². The molecule has 2 saturated heterocycles. The second-order valence-electron chi connectivity index (χ2n) is 3.56. The van der Waals surface area contributed by atoms with Crippen molar-refractivity contribution in [2.75, 3.05) is 20.8 Å². The predicted molar refractivity (Wildman–Crippen MR) is 48.3 cm³/mol. The molecule has 0 amide bonds. The summed E-state index contributed by atoms with van der Waals surface area (Å²) in [5.74, 6) is -0.629. The van der Waals surface area contributed by atoms with E-state index < -0.39 is 36.9 Å². The van der Waals surface area contributed by atoms with E-state index in [1.165, 1.54) is 14.2 Å². The number of hydrogen-bond acceptors (Lipinski definition) is 7. The van der Waals surface area contributed by atoms with E-state index in [2.05, 4.69) is 4.74 Å². The zero-order chi connectivity index (χ0) is 11.7. The molecule has 7 heteroatoms. The number of fused-ring (bicyclic) bond motifs is 1. The topological polar surface area (TPSA) is 83.5 Å². The van der Waals surface area contributed by atoms with Crippen LogP contribution in [0.2, 0.25) is 0 Å². The molecule has 16 heavy (non-hydrogen) atoms. The first-order valence-corrected chi connectivity index (χ1v) is 4.88. The van der Waals surface area contributed by atoms with Gasteiger partial charge < -0.3 is 28.8 Å². The molecule has 5 unspecified atom stereocenters. The van der Waals surface area contributed by atoms with Crippen molar-refractivity contribution in [3.8, 4) is 0 Å². The normalized spacial score (nSPS) is 42.8. The molecule has 0 aromatic rings. The first-order chi connectivity index (χ1) is 7.67. The van der Waals surface area contributed by atoms with Gasteiger partial charge in [0, 0.05) is 7.11 Å². The molecule has 0 aromatic heterocycles. The molecule has 0 bridgehead atoms. The van der Waals surface area contributed by atoms with Gasteiger partial charge in [-0.15, -0.1) is 0 Å². The number of carbonyl (C=O) groups excluding carboxylic acids is 1. The lowest BCUT2D eigenvalue weighted by atomic mass is 10.1. The third-order valence-electron chi connectivity index (χ3n) is 2.61. The molecule has 1 N–H and O–H groups in total. The minimum atomic E-state index is -1.10. The van der Waals surface area contributed by atoms with E-state index in [4.69, 9.17) is 18.9 Å². The summed E-state index contributed by atoms with van der Waals surface area (Å²) in [7, 11) is 2.66. The van der Waals surface area contributed by atoms with E-state index in [1.807, 2.05) is 0 Å². The van der Waals surface area contributed by atoms with Crippen LogP contribution in [0.15, 0.2) is 0 Å². The highest BCUT2D eigenvalue weighted by atomic mass is 16.8. The highest BCUT2D eigenvalue weighted by Crippen LogP contribution is 2.29. The molecule has 0 radical (unpaired) electrons. The number of carbonyl (C=O) groups is 1. The Hall–Kier alpha value is -0.730. The van der Waals surface area contributed by atoms with Crippen molar-refractivity contribution in [1.82, 2.24) is 0 Å². The van der Waals surface area contributed by atoms with Crippen LogP contribution in [0.1, 0.15) is 0 Å². The van der Waals surface area contributed by atoms with E-state index >= 15 is 0 Å². The lowest BCUT2D eigenvalue weighted by Gasteiger charge is -2.33. The van der Waals surface area contributed by atoms with Crippen LogP contribution in [-0.4, -0.2) is 62.8 Å². The Balaban J connectivity index is 2.02. The quantitative estimate of drug-likeness (QED) is 0.590. The molecule has 5 atom stereocenters. The first-order valence-electron chi connectivity index (χ1n) is 4.88. The maximum atomic E-state index is 11.2. The summed E-state index contributed by atoms with van der Waals surface area (Å²) in [5.41, 5.74) is 0. The number of aliphatic hydroxyl groups excluding tert-OH is 1. The summed E-state index contributed by atoms with van der Waals surface area (Å²) < 4.78 is 25.1. The molecule has 2 fully saturated rings. The van der Waals surface area contributed by atoms with Crippen molar-refractivity contribution in [2.24, 2.45) is 0 Å². The average Bonchev–Trinajstić information content (AvgIpc) is 2.73. The molecule has 2 rings (SSSR count). The van der Waals surface area contributed by atoms with Gasteiger partial charge in [-0.1, -0.05) is 0 Å². The smallest absolute Gasteiger partial charge is 0.363 e. The Morgan fingerprint density at radius 2 is 2.12 bits per heavy atom. The van der Waals surface area contributed by atoms with Crippen LogP contribution in [0.3, 0.4) is 0 Å². The maximum Gasteiger partial charge on any atom is 0.363 e. The van der Waals surface area contributed by atoms with Crippen LogP contribution < -0.4 is 0 Å². The van der Waals surface area contributed by atoms with Gasteiger partial charge in [-0.3, -0.25) is 0 Å². The predicted octanol–water partition coefficient (Wildman–Crippen LogP) is -1.37. The molecule has 0 aliphatic carbocycles. The van der Waals surface area contributed by atoms with Gasteiger partial charge in [0.05, 0.1) is 13.7 Å². The average molecular weight is 234 g/mol. The van der Waals surface area contributed by atoms with E-state index in [0.29, 0.717) is 0 Å². The number of hydrogen-bond donors (Lipinski definition) is 1. The van der Waals surface area contributed by atoms with Crippen LogP contribution in [-0.2, 0) is 28.5 Å². The number of ether oxygens (including phenoxy) is 5. The molecule has 2 aliphatic heterocycles. The summed E-state index contributed by atoms with van der Waals surface area (Å²) in [4.78, 5) is 11.2. The summed E-state index contributed by atoms with van der Waals surface area (Å²) in [6.45, 7) is 0.202. The number of rotatable bonds is 2. The summed E-state index contributed by atoms with van der Waals surface area (Å²) in [6.07, 6.45) is -3.97. The fourth-order valence-electron chi connectivity index (χ4n) is 1.79. The Kier molecular flexibility index (Phi) is 3.41. The molecular weight excluding hydrogens is 220 g/mol. The van der Waals surface area contributed by atoms with Gasteiger partial charge in [0.1, 0.15) is 18.3 Å². The Morgan fingerprint density at radius 3 is 2.75 bits per heavy atom. The zero-order valence-electron chi connectivity index (χ0n) is 8.99. The standard InChI is InChI=1S/C9H14O7/c1-12-7(11)9-15-4-3-14-8(13-2)5(10)6(4)16-9/h4-6,8-10H,3H2,1-2H3. The molecule has 2 aliphatic rings. The molecule has 7 nitrogen and oxygen atoms in total. The largest absolute Gasteiger partial charge is 0.465 e. The maximum absolute atomic E-state index is 11.2. The fraction of sp³-hybridized carbons (Fsp3) is 0.889. The molecule has 0 saturated carbocycles. The van der Waals surface area contributed by atoms with E-state index in [-0.39, 0.29) is 6.61 Å². The highest BCUT2D eigenvalue weighted by molar-refractivity contribution is 5.73. The number of esters is 1. The summed E-state index contributed by atoms with van der Waals surface area (Å²) >= 11 is 0. The molecule has 2 heterocycles. The third kappa shape index (κ3) is 1.92. The van der Waals surface area contributed by atoms with Crippen LogP contribution >= 0.6 is 0 Å². The van der Waals surface area contributed by atoms with Crippen LogP contribution in [0.5, 0.6) is 0 Å². The fourth-order valence-corrected chi connectivity index (χ4v) is 1.79. The summed E-state index contributed by atoms with van der Waals surface area (Å²) in [6, 6.07) is 0. The second-order valence-corrected chi connectivity index (χ2v) is 3.56. The van der Waals surface area contributed by atoms with Crippen molar-refractivity contribution < 1.29 is 33.6 Å². The van der Waals surface area contributed by atoms with Crippen molar-refractivity contribution in [3.05, 3.63) is 0 Å². The van der Waals surface area contributed by atoms with Crippen LogP contribution in [0.4, 0.5) is 0 Å².